The average Bonchev–Trinajstić information content (AvgIpc) is 2.48. The van der Waals surface area contributed by atoms with E-state index in [1.54, 1.807) is 24.3 Å². The summed E-state index contributed by atoms with van der Waals surface area (Å²) in [7, 11) is 0. The van der Waals surface area contributed by atoms with Gasteiger partial charge in [0.1, 0.15) is 0 Å². The molecule has 1 aromatic carbocycles. The number of hydrogen-bond donors (Lipinski definition) is 1. The number of aliphatic carboxylic acids is 1. The fourth-order valence-corrected chi connectivity index (χ4v) is 2.69. The monoisotopic (exact) mass is 348 g/mol. The van der Waals surface area contributed by atoms with Crippen LogP contribution in [0.5, 0.6) is 0 Å². The van der Waals surface area contributed by atoms with Gasteiger partial charge in [0, 0.05) is 22.3 Å². The van der Waals surface area contributed by atoms with Crippen LogP contribution in [0, 0.1) is 0 Å². The van der Waals surface area contributed by atoms with E-state index in [0.717, 1.165) is 0 Å². The lowest BCUT2D eigenvalue weighted by atomic mass is 9.88. The van der Waals surface area contributed by atoms with Crippen molar-refractivity contribution < 1.29 is 19.5 Å². The number of carboxylic acid groups (broad SMARTS) is 1. The minimum Gasteiger partial charge on any atom is -0.478 e. The molecule has 1 N–H and O–H groups in total. The number of carbonyl (C=O) groups is 3. The van der Waals surface area contributed by atoms with Crippen LogP contribution in [-0.4, -0.2) is 22.6 Å². The molecule has 0 saturated carbocycles. The standard InChI is InChI=1S/C16H13BrO4/c1-2-5-9(16(20)21)8-12-13(17)15(19)11-7-4-3-6-10(11)14(12)18/h3-4,6-8H,2,5H2,1H3,(H,20,21)/b9-8+. The van der Waals surface area contributed by atoms with Crippen molar-refractivity contribution in [2.24, 2.45) is 0 Å². The highest BCUT2D eigenvalue weighted by Gasteiger charge is 2.30. The van der Waals surface area contributed by atoms with Crippen LogP contribution in [0.3, 0.4) is 0 Å². The van der Waals surface area contributed by atoms with Gasteiger partial charge >= 0.3 is 5.97 Å². The second-order valence-electron chi connectivity index (χ2n) is 4.66. The van der Waals surface area contributed by atoms with E-state index in [1.165, 1.54) is 6.08 Å². The van der Waals surface area contributed by atoms with E-state index in [0.29, 0.717) is 24.0 Å². The van der Waals surface area contributed by atoms with E-state index < -0.39 is 5.97 Å². The molecule has 0 heterocycles. The Morgan fingerprint density at radius 3 is 2.29 bits per heavy atom. The third kappa shape index (κ3) is 2.88. The van der Waals surface area contributed by atoms with E-state index in [9.17, 15) is 14.4 Å². The lowest BCUT2D eigenvalue weighted by Gasteiger charge is -2.16. The van der Waals surface area contributed by atoms with Crippen molar-refractivity contribution in [3.63, 3.8) is 0 Å². The molecule has 0 saturated heterocycles. The van der Waals surface area contributed by atoms with Gasteiger partial charge in [0.15, 0.2) is 5.78 Å². The molecule has 0 aliphatic heterocycles. The lowest BCUT2D eigenvalue weighted by molar-refractivity contribution is -0.132. The highest BCUT2D eigenvalue weighted by Crippen LogP contribution is 2.31. The molecule has 0 radical (unpaired) electrons. The second kappa shape index (κ2) is 6.18. The van der Waals surface area contributed by atoms with Crippen molar-refractivity contribution in [3.05, 3.63) is 57.1 Å². The zero-order valence-electron chi connectivity index (χ0n) is 11.4. The summed E-state index contributed by atoms with van der Waals surface area (Å²) in [4.78, 5) is 35.9. The summed E-state index contributed by atoms with van der Waals surface area (Å²) in [5.74, 6) is -1.73. The molecule has 0 bridgehead atoms. The van der Waals surface area contributed by atoms with E-state index in [-0.39, 0.29) is 27.2 Å². The van der Waals surface area contributed by atoms with Crippen LogP contribution in [0.2, 0.25) is 0 Å². The SMILES string of the molecule is CCC/C(=C\C1=C(Br)C(=O)c2ccccc2C1=O)C(=O)O. The van der Waals surface area contributed by atoms with Gasteiger partial charge < -0.3 is 5.11 Å². The van der Waals surface area contributed by atoms with Crippen molar-refractivity contribution in [1.29, 1.82) is 0 Å². The van der Waals surface area contributed by atoms with Gasteiger partial charge in [-0.15, -0.1) is 0 Å². The van der Waals surface area contributed by atoms with Crippen molar-refractivity contribution in [3.8, 4) is 0 Å². The molecule has 1 aromatic rings. The molecule has 108 valence electrons. The third-order valence-electron chi connectivity index (χ3n) is 3.21. The number of benzene rings is 1. The highest BCUT2D eigenvalue weighted by molar-refractivity contribution is 9.12. The summed E-state index contributed by atoms with van der Waals surface area (Å²) in [5, 5.41) is 9.17. The predicted molar refractivity (Wildman–Crippen MR) is 81.7 cm³/mol. The first kappa shape index (κ1) is 15.4. The van der Waals surface area contributed by atoms with Gasteiger partial charge in [-0.2, -0.15) is 0 Å². The van der Waals surface area contributed by atoms with Crippen molar-refractivity contribution >= 4 is 33.5 Å². The van der Waals surface area contributed by atoms with Gasteiger partial charge in [-0.25, -0.2) is 4.79 Å². The smallest absolute Gasteiger partial charge is 0.331 e. The Morgan fingerprint density at radius 1 is 1.19 bits per heavy atom. The van der Waals surface area contributed by atoms with Crippen LogP contribution < -0.4 is 0 Å². The van der Waals surface area contributed by atoms with E-state index in [1.807, 2.05) is 6.92 Å². The normalized spacial score (nSPS) is 15.2. The van der Waals surface area contributed by atoms with Gasteiger partial charge in [0.05, 0.1) is 4.48 Å². The minimum atomic E-state index is -1.08. The van der Waals surface area contributed by atoms with E-state index >= 15 is 0 Å². The Kier molecular flexibility index (Phi) is 4.53. The molecular weight excluding hydrogens is 336 g/mol. The van der Waals surface area contributed by atoms with Crippen LogP contribution >= 0.6 is 15.9 Å². The summed E-state index contributed by atoms with van der Waals surface area (Å²) in [6, 6.07) is 6.52. The summed E-state index contributed by atoms with van der Waals surface area (Å²) >= 11 is 3.13. The number of ketones is 2. The molecule has 0 aromatic heterocycles. The van der Waals surface area contributed by atoms with Crippen LogP contribution in [0.1, 0.15) is 40.5 Å². The molecule has 5 heteroatoms. The number of Topliss-reactive ketones (excluding diaryl/α,β-unsaturated/α-hetero) is 2. The molecule has 0 unspecified atom stereocenters. The van der Waals surface area contributed by atoms with Crippen LogP contribution in [0.4, 0.5) is 0 Å². The molecule has 0 fully saturated rings. The maximum absolute atomic E-state index is 12.5. The predicted octanol–water partition coefficient (Wildman–Crippen LogP) is 3.53. The Hall–Kier alpha value is -2.01. The Morgan fingerprint density at radius 2 is 1.76 bits per heavy atom. The maximum Gasteiger partial charge on any atom is 0.331 e. The van der Waals surface area contributed by atoms with Gasteiger partial charge in [0.2, 0.25) is 5.78 Å². The average molecular weight is 349 g/mol. The third-order valence-corrected chi connectivity index (χ3v) is 4.00. The highest BCUT2D eigenvalue weighted by atomic mass is 79.9. The Labute approximate surface area is 130 Å². The maximum atomic E-state index is 12.5. The van der Waals surface area contributed by atoms with Crippen molar-refractivity contribution in [2.75, 3.05) is 0 Å². The molecule has 2 rings (SSSR count). The largest absolute Gasteiger partial charge is 0.478 e. The van der Waals surface area contributed by atoms with Gasteiger partial charge in [-0.1, -0.05) is 37.6 Å². The number of carbonyl (C=O) groups excluding carboxylic acids is 2. The Balaban J connectivity index is 2.57. The first-order chi connectivity index (χ1) is 9.97. The number of allylic oxidation sites excluding steroid dienone is 3. The van der Waals surface area contributed by atoms with Gasteiger partial charge in [0.25, 0.3) is 0 Å². The van der Waals surface area contributed by atoms with Crippen molar-refractivity contribution in [2.45, 2.75) is 19.8 Å². The van der Waals surface area contributed by atoms with Crippen molar-refractivity contribution in [1.82, 2.24) is 0 Å². The number of fused-ring (bicyclic) bond motifs is 1. The summed E-state index contributed by atoms with van der Waals surface area (Å²) in [5.41, 5.74) is 0.853. The topological polar surface area (TPSA) is 71.4 Å². The molecule has 1 aliphatic rings. The second-order valence-corrected chi connectivity index (χ2v) is 5.45. The van der Waals surface area contributed by atoms with Crippen LogP contribution in [-0.2, 0) is 4.79 Å². The summed E-state index contributed by atoms with van der Waals surface area (Å²) < 4.78 is 0.112. The number of halogens is 1. The number of rotatable bonds is 4. The Bertz CT molecular complexity index is 698. The molecule has 0 spiro atoms. The molecule has 1 aliphatic carbocycles. The molecular formula is C16H13BrO4. The zero-order chi connectivity index (χ0) is 15.6. The molecule has 0 amide bonds. The number of carboxylic acids is 1. The van der Waals surface area contributed by atoms with Gasteiger partial charge in [-0.05, 0) is 28.4 Å². The minimum absolute atomic E-state index is 0.101. The first-order valence-electron chi connectivity index (χ1n) is 6.49. The quantitative estimate of drug-likeness (QED) is 0.845. The molecule has 21 heavy (non-hydrogen) atoms. The fraction of sp³-hybridized carbons (Fsp3) is 0.188. The lowest BCUT2D eigenvalue weighted by Crippen LogP contribution is -2.19. The zero-order valence-corrected chi connectivity index (χ0v) is 12.9. The molecule has 0 atom stereocenters. The first-order valence-corrected chi connectivity index (χ1v) is 7.28. The summed E-state index contributed by atoms with van der Waals surface area (Å²) in [6.45, 7) is 1.85. The summed E-state index contributed by atoms with van der Waals surface area (Å²) in [6.07, 6.45) is 2.27. The van der Waals surface area contributed by atoms with Crippen LogP contribution in [0.25, 0.3) is 0 Å². The van der Waals surface area contributed by atoms with Crippen LogP contribution in [0.15, 0.2) is 46.0 Å². The van der Waals surface area contributed by atoms with Gasteiger partial charge in [-0.3, -0.25) is 9.59 Å². The van der Waals surface area contributed by atoms with E-state index in [2.05, 4.69) is 15.9 Å². The van der Waals surface area contributed by atoms with E-state index in [4.69, 9.17) is 5.11 Å². The fourth-order valence-electron chi connectivity index (χ4n) is 2.18. The molecule has 4 nitrogen and oxygen atoms in total. The number of hydrogen-bond acceptors (Lipinski definition) is 3.